The highest BCUT2D eigenvalue weighted by atomic mass is 32.1. The quantitative estimate of drug-likeness (QED) is 0.463. The van der Waals surface area contributed by atoms with Gasteiger partial charge >= 0.3 is 0 Å². The van der Waals surface area contributed by atoms with Crippen LogP contribution < -0.4 is 14.2 Å². The fourth-order valence-electron chi connectivity index (χ4n) is 2.30. The first kappa shape index (κ1) is 17.7. The number of carbonyl (C=O) groups is 2. The van der Waals surface area contributed by atoms with Gasteiger partial charge in [-0.1, -0.05) is 0 Å². The van der Waals surface area contributed by atoms with Crippen molar-refractivity contribution in [3.63, 3.8) is 0 Å². The van der Waals surface area contributed by atoms with Gasteiger partial charge in [-0.3, -0.25) is 19.4 Å². The van der Waals surface area contributed by atoms with Crippen LogP contribution in [0.3, 0.4) is 0 Å². The summed E-state index contributed by atoms with van der Waals surface area (Å²) < 4.78 is 15.8. The van der Waals surface area contributed by atoms with Gasteiger partial charge in [0.15, 0.2) is 16.6 Å². The Hall–Kier alpha value is -2.61. The zero-order valence-electron chi connectivity index (χ0n) is 14.1. The van der Waals surface area contributed by atoms with Gasteiger partial charge in [0.25, 0.3) is 11.8 Å². The highest BCUT2D eigenvalue weighted by Gasteiger charge is 2.35. The van der Waals surface area contributed by atoms with Crippen molar-refractivity contribution in [2.75, 3.05) is 35.4 Å². The van der Waals surface area contributed by atoms with E-state index in [1.807, 2.05) is 0 Å². The highest BCUT2D eigenvalue weighted by Crippen LogP contribution is 2.36. The third-order valence-electron chi connectivity index (χ3n) is 3.68. The van der Waals surface area contributed by atoms with E-state index in [0.29, 0.717) is 22.8 Å². The third kappa shape index (κ3) is 2.92. The maximum atomic E-state index is 12.4. The molecule has 0 aliphatic carbocycles. The van der Waals surface area contributed by atoms with Crippen LogP contribution in [0.2, 0.25) is 0 Å². The van der Waals surface area contributed by atoms with Gasteiger partial charge in [-0.2, -0.15) is 0 Å². The summed E-state index contributed by atoms with van der Waals surface area (Å²) in [7, 11) is 7.54. The number of rotatable bonds is 4. The molecule has 1 aromatic rings. The normalized spacial score (nSPS) is 14.9. The molecule has 0 bridgehead atoms. The Morgan fingerprint density at radius 2 is 1.33 bits per heavy atom. The van der Waals surface area contributed by atoms with Crippen LogP contribution in [0.1, 0.15) is 5.56 Å². The van der Waals surface area contributed by atoms with E-state index in [1.165, 1.54) is 51.3 Å². The molecule has 1 aliphatic heterocycles. The van der Waals surface area contributed by atoms with Crippen LogP contribution in [0.5, 0.6) is 17.2 Å². The molecule has 1 heterocycles. The fraction of sp³-hybridized carbons (Fsp3) is 0.312. The van der Waals surface area contributed by atoms with E-state index in [1.54, 1.807) is 12.1 Å². The SMILES string of the molecule is COc1cc(OC)c(OC)cc1C=C1C(=O)N(C)C(=S)N(C)C1=O. The zero-order valence-corrected chi connectivity index (χ0v) is 14.9. The van der Waals surface area contributed by atoms with Crippen LogP contribution in [0.4, 0.5) is 0 Å². The second kappa shape index (κ2) is 6.88. The molecule has 8 heteroatoms. The maximum absolute atomic E-state index is 12.4. The molecule has 1 aliphatic rings. The number of ether oxygens (including phenoxy) is 3. The molecule has 0 atom stereocenters. The van der Waals surface area contributed by atoms with Crippen molar-refractivity contribution in [2.45, 2.75) is 0 Å². The number of thiocarbonyl (C=S) groups is 1. The number of hydrogen-bond acceptors (Lipinski definition) is 6. The first-order valence-corrected chi connectivity index (χ1v) is 7.38. The standard InChI is InChI=1S/C16H18N2O5S/c1-17-14(19)10(15(20)18(2)16(17)24)6-9-7-12(22-4)13(23-5)8-11(9)21-3/h6-8H,1-5H3. The molecule has 2 amide bonds. The number of likely N-dealkylation sites (N-methyl/N-ethyl adjacent to an activating group) is 2. The number of nitrogens with zero attached hydrogens (tertiary/aromatic N) is 2. The number of hydrogen-bond donors (Lipinski definition) is 0. The molecule has 1 aromatic carbocycles. The van der Waals surface area contributed by atoms with Crippen LogP contribution >= 0.6 is 12.2 Å². The van der Waals surface area contributed by atoms with E-state index in [4.69, 9.17) is 26.4 Å². The molecule has 0 unspecified atom stereocenters. The van der Waals surface area contributed by atoms with Crippen molar-refractivity contribution in [2.24, 2.45) is 0 Å². The molecule has 2 rings (SSSR count). The molecule has 128 valence electrons. The van der Waals surface area contributed by atoms with Gasteiger partial charge in [-0.15, -0.1) is 0 Å². The number of carbonyl (C=O) groups excluding carboxylic acids is 2. The minimum atomic E-state index is -0.472. The maximum Gasteiger partial charge on any atom is 0.265 e. The van der Waals surface area contributed by atoms with Crippen molar-refractivity contribution < 1.29 is 23.8 Å². The summed E-state index contributed by atoms with van der Waals surface area (Å²) in [6.07, 6.45) is 1.46. The molecular weight excluding hydrogens is 332 g/mol. The summed E-state index contributed by atoms with van der Waals surface area (Å²) in [5.74, 6) is 0.436. The molecule has 7 nitrogen and oxygen atoms in total. The summed E-state index contributed by atoms with van der Waals surface area (Å²) in [5.41, 5.74) is 0.501. The molecule has 1 fully saturated rings. The van der Waals surface area contributed by atoms with Gasteiger partial charge < -0.3 is 14.2 Å². The second-order valence-electron chi connectivity index (χ2n) is 5.02. The Labute approximate surface area is 145 Å². The van der Waals surface area contributed by atoms with Crippen LogP contribution in [0.25, 0.3) is 6.08 Å². The first-order chi connectivity index (χ1) is 11.3. The highest BCUT2D eigenvalue weighted by molar-refractivity contribution is 7.80. The number of amides is 2. The Morgan fingerprint density at radius 1 is 0.875 bits per heavy atom. The van der Waals surface area contributed by atoms with Crippen molar-refractivity contribution in [3.05, 3.63) is 23.3 Å². The van der Waals surface area contributed by atoms with E-state index in [2.05, 4.69) is 0 Å². The predicted molar refractivity (Wildman–Crippen MR) is 92.2 cm³/mol. The fourth-order valence-corrected chi connectivity index (χ4v) is 2.46. The summed E-state index contributed by atoms with van der Waals surface area (Å²) in [5, 5.41) is 0.154. The monoisotopic (exact) mass is 350 g/mol. The summed E-state index contributed by atoms with van der Waals surface area (Å²) >= 11 is 5.07. The Bertz CT molecular complexity index is 718. The minimum absolute atomic E-state index is 0.0147. The lowest BCUT2D eigenvalue weighted by Gasteiger charge is -2.31. The van der Waals surface area contributed by atoms with Crippen molar-refractivity contribution in [1.82, 2.24) is 9.80 Å². The number of methoxy groups -OCH3 is 3. The van der Waals surface area contributed by atoms with Crippen molar-refractivity contribution in [1.29, 1.82) is 0 Å². The van der Waals surface area contributed by atoms with Crippen molar-refractivity contribution in [3.8, 4) is 17.2 Å². The molecule has 24 heavy (non-hydrogen) atoms. The van der Waals surface area contributed by atoms with Crippen LogP contribution in [-0.2, 0) is 9.59 Å². The largest absolute Gasteiger partial charge is 0.496 e. The average molecular weight is 350 g/mol. The van der Waals surface area contributed by atoms with E-state index < -0.39 is 11.8 Å². The van der Waals surface area contributed by atoms with Gasteiger partial charge in [0, 0.05) is 25.7 Å². The lowest BCUT2D eigenvalue weighted by molar-refractivity contribution is -0.132. The summed E-state index contributed by atoms with van der Waals surface area (Å²) in [6, 6.07) is 3.26. The topological polar surface area (TPSA) is 68.3 Å². The summed E-state index contributed by atoms with van der Waals surface area (Å²) in [6.45, 7) is 0. The van der Waals surface area contributed by atoms with Gasteiger partial charge in [0.1, 0.15) is 11.3 Å². The second-order valence-corrected chi connectivity index (χ2v) is 5.38. The number of benzene rings is 1. The molecule has 1 saturated heterocycles. The molecule has 0 radical (unpaired) electrons. The van der Waals surface area contributed by atoms with Gasteiger partial charge in [-0.05, 0) is 24.4 Å². The minimum Gasteiger partial charge on any atom is -0.496 e. The summed E-state index contributed by atoms with van der Waals surface area (Å²) in [4.78, 5) is 27.3. The lowest BCUT2D eigenvalue weighted by atomic mass is 10.1. The van der Waals surface area contributed by atoms with Gasteiger partial charge in [-0.25, -0.2) is 0 Å². The Balaban J connectivity index is 2.59. The third-order valence-corrected chi connectivity index (χ3v) is 4.23. The lowest BCUT2D eigenvalue weighted by Crippen LogP contribution is -2.52. The van der Waals surface area contributed by atoms with Crippen molar-refractivity contribution >= 4 is 35.2 Å². The molecule has 0 saturated carbocycles. The first-order valence-electron chi connectivity index (χ1n) is 6.97. The Morgan fingerprint density at radius 3 is 1.79 bits per heavy atom. The molecule has 0 N–H and O–H groups in total. The van der Waals surface area contributed by atoms with E-state index >= 15 is 0 Å². The molecule has 0 spiro atoms. The van der Waals surface area contributed by atoms with Crippen LogP contribution in [0, 0.1) is 0 Å². The average Bonchev–Trinajstić information content (AvgIpc) is 2.61. The molecule has 0 aromatic heterocycles. The zero-order chi connectivity index (χ0) is 18.0. The van der Waals surface area contributed by atoms with Crippen LogP contribution in [-0.4, -0.2) is 62.2 Å². The van der Waals surface area contributed by atoms with Gasteiger partial charge in [0.2, 0.25) is 0 Å². The van der Waals surface area contributed by atoms with Crippen LogP contribution in [0.15, 0.2) is 17.7 Å². The molecular formula is C16H18N2O5S. The Kier molecular flexibility index (Phi) is 5.08. The van der Waals surface area contributed by atoms with E-state index in [9.17, 15) is 9.59 Å². The predicted octanol–water partition coefficient (Wildman–Crippen LogP) is 1.31. The smallest absolute Gasteiger partial charge is 0.265 e. The van der Waals surface area contributed by atoms with E-state index in [0.717, 1.165) is 0 Å². The van der Waals surface area contributed by atoms with Gasteiger partial charge in [0.05, 0.1) is 21.3 Å². The van der Waals surface area contributed by atoms with E-state index in [-0.39, 0.29) is 10.7 Å².